The number of aliphatic hydroxyl groups excluding tert-OH is 1. The van der Waals surface area contributed by atoms with E-state index in [9.17, 15) is 9.59 Å². The number of hydrogen-bond acceptors (Lipinski definition) is 3. The van der Waals surface area contributed by atoms with Crippen LogP contribution in [-0.2, 0) is 0 Å². The Bertz CT molecular complexity index is 440. The van der Waals surface area contributed by atoms with E-state index in [-0.39, 0.29) is 18.4 Å². The number of rotatable bonds is 6. The maximum absolute atomic E-state index is 12.0. The first-order chi connectivity index (χ1) is 9.08. The molecule has 1 rings (SSSR count). The van der Waals surface area contributed by atoms with E-state index < -0.39 is 0 Å². The zero-order valence-electron chi connectivity index (χ0n) is 11.3. The second-order valence-electron chi connectivity index (χ2n) is 4.28. The van der Waals surface area contributed by atoms with Gasteiger partial charge in [-0.2, -0.15) is 0 Å². The second kappa shape index (κ2) is 7.53. The second-order valence-corrected chi connectivity index (χ2v) is 4.28. The maximum Gasteiger partial charge on any atom is 0.321 e. The molecule has 5 nitrogen and oxygen atoms in total. The van der Waals surface area contributed by atoms with E-state index in [1.807, 2.05) is 6.92 Å². The van der Waals surface area contributed by atoms with E-state index >= 15 is 0 Å². The number of aliphatic hydroxyl groups is 1. The van der Waals surface area contributed by atoms with Gasteiger partial charge in [0.05, 0.1) is 6.61 Å². The number of ketones is 1. The Morgan fingerprint density at radius 2 is 2.05 bits per heavy atom. The SMILES string of the molecule is CCCN(CCO)C(=O)Nc1cccc(C(C)=O)c1. The Balaban J connectivity index is 2.74. The highest BCUT2D eigenvalue weighted by Gasteiger charge is 2.12. The third kappa shape index (κ3) is 4.71. The van der Waals surface area contributed by atoms with Gasteiger partial charge in [0.2, 0.25) is 0 Å². The molecule has 0 radical (unpaired) electrons. The summed E-state index contributed by atoms with van der Waals surface area (Å²) in [7, 11) is 0. The molecule has 0 saturated carbocycles. The molecule has 0 aromatic heterocycles. The lowest BCUT2D eigenvalue weighted by molar-refractivity contribution is 0.101. The number of hydrogen-bond donors (Lipinski definition) is 2. The van der Waals surface area contributed by atoms with Crippen LogP contribution in [-0.4, -0.2) is 41.5 Å². The monoisotopic (exact) mass is 264 g/mol. The minimum absolute atomic E-state index is 0.0446. The number of urea groups is 1. The topological polar surface area (TPSA) is 69.6 Å². The van der Waals surface area contributed by atoms with Gasteiger partial charge in [0.1, 0.15) is 0 Å². The summed E-state index contributed by atoms with van der Waals surface area (Å²) in [5.41, 5.74) is 1.14. The molecule has 104 valence electrons. The lowest BCUT2D eigenvalue weighted by atomic mass is 10.1. The van der Waals surface area contributed by atoms with Crippen molar-refractivity contribution in [2.45, 2.75) is 20.3 Å². The number of carbonyl (C=O) groups excluding carboxylic acids is 2. The molecule has 0 saturated heterocycles. The standard InChI is InChI=1S/C14H20N2O3/c1-3-7-16(8-9-17)14(19)15-13-6-4-5-12(10-13)11(2)18/h4-6,10,17H,3,7-9H2,1-2H3,(H,15,19). The fourth-order valence-electron chi connectivity index (χ4n) is 1.72. The van der Waals surface area contributed by atoms with Crippen molar-refractivity contribution in [3.05, 3.63) is 29.8 Å². The molecule has 0 aliphatic carbocycles. The van der Waals surface area contributed by atoms with Crippen LogP contribution in [0.4, 0.5) is 10.5 Å². The van der Waals surface area contributed by atoms with Gasteiger partial charge in [-0.25, -0.2) is 4.79 Å². The van der Waals surface area contributed by atoms with Crippen LogP contribution in [0.5, 0.6) is 0 Å². The normalized spacial score (nSPS) is 10.1. The summed E-state index contributed by atoms with van der Waals surface area (Å²) < 4.78 is 0. The van der Waals surface area contributed by atoms with Gasteiger partial charge in [-0.15, -0.1) is 0 Å². The molecule has 2 amide bonds. The average Bonchev–Trinajstić information content (AvgIpc) is 2.38. The molecule has 2 N–H and O–H groups in total. The van der Waals surface area contributed by atoms with Crippen molar-refractivity contribution in [2.24, 2.45) is 0 Å². The minimum atomic E-state index is -0.267. The van der Waals surface area contributed by atoms with E-state index in [4.69, 9.17) is 5.11 Å². The first-order valence-corrected chi connectivity index (χ1v) is 6.36. The number of benzene rings is 1. The zero-order chi connectivity index (χ0) is 14.3. The number of nitrogens with zero attached hydrogens (tertiary/aromatic N) is 1. The average molecular weight is 264 g/mol. The van der Waals surface area contributed by atoms with Gasteiger partial charge in [-0.3, -0.25) is 4.79 Å². The smallest absolute Gasteiger partial charge is 0.321 e. The Morgan fingerprint density at radius 3 is 2.63 bits per heavy atom. The Labute approximate surface area is 113 Å². The number of amides is 2. The van der Waals surface area contributed by atoms with Gasteiger partial charge >= 0.3 is 6.03 Å². The molecule has 0 spiro atoms. The summed E-state index contributed by atoms with van der Waals surface area (Å²) >= 11 is 0. The zero-order valence-corrected chi connectivity index (χ0v) is 11.3. The van der Waals surface area contributed by atoms with Gasteiger partial charge in [-0.05, 0) is 25.5 Å². The van der Waals surface area contributed by atoms with Crippen LogP contribution in [0, 0.1) is 0 Å². The van der Waals surface area contributed by atoms with Crippen LogP contribution in [0.2, 0.25) is 0 Å². The highest BCUT2D eigenvalue weighted by atomic mass is 16.3. The largest absolute Gasteiger partial charge is 0.395 e. The van der Waals surface area contributed by atoms with Crippen LogP contribution in [0.3, 0.4) is 0 Å². The maximum atomic E-state index is 12.0. The summed E-state index contributed by atoms with van der Waals surface area (Å²) in [4.78, 5) is 24.8. The fraction of sp³-hybridized carbons (Fsp3) is 0.429. The van der Waals surface area contributed by atoms with Crippen LogP contribution in [0.15, 0.2) is 24.3 Å². The molecular formula is C14H20N2O3. The van der Waals surface area contributed by atoms with Crippen LogP contribution >= 0.6 is 0 Å². The van der Waals surface area contributed by atoms with E-state index in [0.717, 1.165) is 6.42 Å². The molecule has 0 fully saturated rings. The molecule has 19 heavy (non-hydrogen) atoms. The van der Waals surface area contributed by atoms with E-state index in [0.29, 0.717) is 24.3 Å². The lowest BCUT2D eigenvalue weighted by Crippen LogP contribution is -2.37. The highest BCUT2D eigenvalue weighted by molar-refractivity contribution is 5.96. The van der Waals surface area contributed by atoms with Crippen molar-refractivity contribution >= 4 is 17.5 Å². The quantitative estimate of drug-likeness (QED) is 0.773. The predicted molar refractivity (Wildman–Crippen MR) is 74.4 cm³/mol. The van der Waals surface area contributed by atoms with Gasteiger partial charge in [0.25, 0.3) is 0 Å². The third-order valence-electron chi connectivity index (χ3n) is 2.67. The molecular weight excluding hydrogens is 244 g/mol. The first kappa shape index (κ1) is 15.2. The van der Waals surface area contributed by atoms with Crippen molar-refractivity contribution in [1.82, 2.24) is 4.90 Å². The van der Waals surface area contributed by atoms with Crippen molar-refractivity contribution in [1.29, 1.82) is 0 Å². The van der Waals surface area contributed by atoms with Gasteiger partial charge < -0.3 is 15.3 Å². The molecule has 0 bridgehead atoms. The van der Waals surface area contributed by atoms with E-state index in [1.165, 1.54) is 6.92 Å². The summed E-state index contributed by atoms with van der Waals surface area (Å²) in [6.45, 7) is 4.26. The Kier molecular flexibility index (Phi) is 6.02. The summed E-state index contributed by atoms with van der Waals surface area (Å²) in [5.74, 6) is -0.0446. The molecule has 5 heteroatoms. The third-order valence-corrected chi connectivity index (χ3v) is 2.67. The minimum Gasteiger partial charge on any atom is -0.395 e. The van der Waals surface area contributed by atoms with Crippen molar-refractivity contribution in [3.63, 3.8) is 0 Å². The van der Waals surface area contributed by atoms with Crippen LogP contribution < -0.4 is 5.32 Å². The Morgan fingerprint density at radius 1 is 1.32 bits per heavy atom. The van der Waals surface area contributed by atoms with Crippen molar-refractivity contribution in [3.8, 4) is 0 Å². The number of Topliss-reactive ketones (excluding diaryl/α,β-unsaturated/α-hetero) is 1. The Hall–Kier alpha value is -1.88. The number of carbonyl (C=O) groups is 2. The fourth-order valence-corrected chi connectivity index (χ4v) is 1.72. The summed E-state index contributed by atoms with van der Waals surface area (Å²) in [5, 5.41) is 11.7. The molecule has 0 aliphatic rings. The molecule has 1 aromatic carbocycles. The van der Waals surface area contributed by atoms with Crippen molar-refractivity contribution in [2.75, 3.05) is 25.0 Å². The van der Waals surface area contributed by atoms with E-state index in [2.05, 4.69) is 5.32 Å². The van der Waals surface area contributed by atoms with Gasteiger partial charge in [0, 0.05) is 24.3 Å². The van der Waals surface area contributed by atoms with Gasteiger partial charge in [0.15, 0.2) is 5.78 Å². The molecule has 1 aromatic rings. The van der Waals surface area contributed by atoms with Crippen LogP contribution in [0.25, 0.3) is 0 Å². The molecule has 0 aliphatic heterocycles. The number of nitrogens with one attached hydrogen (secondary N) is 1. The lowest BCUT2D eigenvalue weighted by Gasteiger charge is -2.21. The van der Waals surface area contributed by atoms with E-state index in [1.54, 1.807) is 29.2 Å². The number of anilines is 1. The highest BCUT2D eigenvalue weighted by Crippen LogP contribution is 2.12. The van der Waals surface area contributed by atoms with Gasteiger partial charge in [-0.1, -0.05) is 19.1 Å². The predicted octanol–water partition coefficient (Wildman–Crippen LogP) is 2.13. The molecule has 0 unspecified atom stereocenters. The van der Waals surface area contributed by atoms with Crippen molar-refractivity contribution < 1.29 is 14.7 Å². The van der Waals surface area contributed by atoms with Crippen LogP contribution in [0.1, 0.15) is 30.6 Å². The molecule has 0 heterocycles. The summed E-state index contributed by atoms with van der Waals surface area (Å²) in [6.07, 6.45) is 0.820. The summed E-state index contributed by atoms with van der Waals surface area (Å²) in [6, 6.07) is 6.53. The molecule has 0 atom stereocenters. The first-order valence-electron chi connectivity index (χ1n) is 6.36.